The molecular weight excluding hydrogens is 380 g/mol. The number of phenols is 2. The molecule has 0 radical (unpaired) electrons. The molecule has 1 aliphatic heterocycles. The van der Waals surface area contributed by atoms with Gasteiger partial charge in [0.1, 0.15) is 41.3 Å². The van der Waals surface area contributed by atoms with E-state index in [0.29, 0.717) is 6.61 Å². The lowest BCUT2D eigenvalue weighted by molar-refractivity contribution is 0.0845. The molecule has 0 amide bonds. The van der Waals surface area contributed by atoms with Crippen molar-refractivity contribution in [3.05, 3.63) is 70.8 Å². The van der Waals surface area contributed by atoms with Gasteiger partial charge < -0.3 is 19.7 Å². The van der Waals surface area contributed by atoms with Crippen molar-refractivity contribution >= 4 is 5.78 Å². The molecular formula is C25H28O5. The van der Waals surface area contributed by atoms with E-state index in [0.717, 1.165) is 30.2 Å². The van der Waals surface area contributed by atoms with E-state index in [2.05, 4.69) is 32.9 Å². The van der Waals surface area contributed by atoms with Crippen LogP contribution in [-0.4, -0.2) is 22.6 Å². The lowest BCUT2D eigenvalue weighted by Gasteiger charge is -2.26. The smallest absolute Gasteiger partial charge is 0.174 e. The highest BCUT2D eigenvalue weighted by atomic mass is 16.5. The van der Waals surface area contributed by atoms with Crippen LogP contribution in [-0.2, 0) is 0 Å². The minimum Gasteiger partial charge on any atom is -0.508 e. The van der Waals surface area contributed by atoms with Crippen molar-refractivity contribution in [3.63, 3.8) is 0 Å². The molecule has 1 aliphatic rings. The average Bonchev–Trinajstić information content (AvgIpc) is 2.67. The van der Waals surface area contributed by atoms with Crippen LogP contribution in [0.25, 0.3) is 0 Å². The summed E-state index contributed by atoms with van der Waals surface area (Å²) < 4.78 is 11.7. The second-order valence-corrected chi connectivity index (χ2v) is 7.82. The Labute approximate surface area is 177 Å². The summed E-state index contributed by atoms with van der Waals surface area (Å²) in [5, 5.41) is 19.6. The van der Waals surface area contributed by atoms with Gasteiger partial charge in [-0.05, 0) is 57.4 Å². The third-order valence-corrected chi connectivity index (χ3v) is 5.01. The number of phenolic OH excluding ortho intramolecular Hbond substituents is 2. The molecule has 2 aromatic rings. The van der Waals surface area contributed by atoms with Crippen LogP contribution < -0.4 is 9.47 Å². The van der Waals surface area contributed by atoms with Crippen molar-refractivity contribution in [2.24, 2.45) is 0 Å². The van der Waals surface area contributed by atoms with Crippen LogP contribution in [0, 0.1) is 0 Å². The first-order valence-electron chi connectivity index (χ1n) is 10.1. The minimum absolute atomic E-state index is 0.121. The van der Waals surface area contributed by atoms with Gasteiger partial charge in [-0.15, -0.1) is 0 Å². The highest BCUT2D eigenvalue weighted by molar-refractivity contribution is 6.02. The number of fused-ring (bicyclic) bond motifs is 1. The lowest BCUT2D eigenvalue weighted by atomic mass is 9.95. The fraction of sp³-hybridized carbons (Fsp3) is 0.320. The molecule has 1 unspecified atom stereocenters. The zero-order valence-corrected chi connectivity index (χ0v) is 17.6. The van der Waals surface area contributed by atoms with Crippen LogP contribution in [0.3, 0.4) is 0 Å². The maximum atomic E-state index is 12.4. The van der Waals surface area contributed by atoms with Crippen LogP contribution in [0.5, 0.6) is 23.0 Å². The molecule has 0 bridgehead atoms. The van der Waals surface area contributed by atoms with E-state index in [1.165, 1.54) is 17.2 Å². The van der Waals surface area contributed by atoms with Crippen molar-refractivity contribution in [2.45, 2.75) is 46.1 Å². The Hall–Kier alpha value is -3.21. The van der Waals surface area contributed by atoms with E-state index in [1.807, 2.05) is 24.3 Å². The van der Waals surface area contributed by atoms with Gasteiger partial charge in [0.2, 0.25) is 0 Å². The van der Waals surface area contributed by atoms with Crippen LogP contribution in [0.4, 0.5) is 0 Å². The zero-order chi connectivity index (χ0) is 21.7. The summed E-state index contributed by atoms with van der Waals surface area (Å²) in [5.41, 5.74) is 3.58. The molecule has 30 heavy (non-hydrogen) atoms. The SMILES string of the molecule is CC(C)=CCCC(C)=CCOc1ccc(C2CC(=O)c3c(O)cc(O)cc3O2)cc1. The molecule has 0 aromatic heterocycles. The summed E-state index contributed by atoms with van der Waals surface area (Å²) in [7, 11) is 0. The van der Waals surface area contributed by atoms with Gasteiger partial charge in [-0.2, -0.15) is 0 Å². The number of benzene rings is 2. The highest BCUT2D eigenvalue weighted by Gasteiger charge is 2.30. The number of allylic oxidation sites excluding steroid dienone is 3. The fourth-order valence-electron chi connectivity index (χ4n) is 3.36. The summed E-state index contributed by atoms with van der Waals surface area (Å²) >= 11 is 0. The number of aromatic hydroxyl groups is 2. The second-order valence-electron chi connectivity index (χ2n) is 7.82. The Kier molecular flexibility index (Phi) is 6.83. The standard InChI is InChI=1S/C25H28O5/c1-16(2)5-4-6-17(3)11-12-29-20-9-7-18(8-10-20)23-15-22(28)25-21(27)13-19(26)14-24(25)30-23/h5,7-11,13-14,23,26-27H,4,6,12,15H2,1-3H3. The van der Waals surface area contributed by atoms with Gasteiger partial charge in [0.25, 0.3) is 0 Å². The molecule has 158 valence electrons. The van der Waals surface area contributed by atoms with Crippen LogP contribution in [0.2, 0.25) is 0 Å². The third-order valence-electron chi connectivity index (χ3n) is 5.01. The van der Waals surface area contributed by atoms with E-state index in [4.69, 9.17) is 9.47 Å². The predicted molar refractivity (Wildman–Crippen MR) is 116 cm³/mol. The summed E-state index contributed by atoms with van der Waals surface area (Å²) in [6.45, 7) is 6.82. The number of Topliss-reactive ketones (excluding diaryl/α,β-unsaturated/α-hetero) is 1. The summed E-state index contributed by atoms with van der Waals surface area (Å²) in [5.74, 6) is 0.314. The molecule has 0 spiro atoms. The second kappa shape index (κ2) is 9.53. The molecule has 2 N–H and O–H groups in total. The van der Waals surface area contributed by atoms with E-state index >= 15 is 0 Å². The molecule has 5 heteroatoms. The van der Waals surface area contributed by atoms with Crippen LogP contribution in [0.15, 0.2) is 59.7 Å². The van der Waals surface area contributed by atoms with Crippen molar-refractivity contribution in [1.82, 2.24) is 0 Å². The number of ether oxygens (including phenoxy) is 2. The topological polar surface area (TPSA) is 76.0 Å². The number of ketones is 1. The zero-order valence-electron chi connectivity index (χ0n) is 17.6. The molecule has 1 heterocycles. The van der Waals surface area contributed by atoms with E-state index in [9.17, 15) is 15.0 Å². The Morgan fingerprint density at radius 2 is 1.87 bits per heavy atom. The normalized spacial score (nSPS) is 15.9. The number of carbonyl (C=O) groups is 1. The third kappa shape index (κ3) is 5.44. The van der Waals surface area contributed by atoms with Gasteiger partial charge in [0.05, 0.1) is 6.42 Å². The summed E-state index contributed by atoms with van der Waals surface area (Å²) in [6.07, 6.45) is 6.03. The molecule has 1 atom stereocenters. The van der Waals surface area contributed by atoms with Gasteiger partial charge in [0, 0.05) is 12.1 Å². The maximum absolute atomic E-state index is 12.4. The quantitative estimate of drug-likeness (QED) is 0.560. The molecule has 0 fully saturated rings. The van der Waals surface area contributed by atoms with Gasteiger partial charge in [0.15, 0.2) is 5.78 Å². The van der Waals surface area contributed by atoms with Crippen LogP contribution >= 0.6 is 0 Å². The number of hydrogen-bond donors (Lipinski definition) is 2. The van der Waals surface area contributed by atoms with Gasteiger partial charge in [-0.25, -0.2) is 0 Å². The largest absolute Gasteiger partial charge is 0.508 e. The van der Waals surface area contributed by atoms with Crippen molar-refractivity contribution < 1.29 is 24.5 Å². The maximum Gasteiger partial charge on any atom is 0.174 e. The summed E-state index contributed by atoms with van der Waals surface area (Å²) in [6, 6.07) is 9.93. The Morgan fingerprint density at radius 1 is 1.13 bits per heavy atom. The van der Waals surface area contributed by atoms with Crippen LogP contribution in [0.1, 0.15) is 62.1 Å². The fourth-order valence-corrected chi connectivity index (χ4v) is 3.36. The Balaban J connectivity index is 1.59. The lowest BCUT2D eigenvalue weighted by Crippen LogP contribution is -2.20. The van der Waals surface area contributed by atoms with Gasteiger partial charge >= 0.3 is 0 Å². The first-order chi connectivity index (χ1) is 14.3. The van der Waals surface area contributed by atoms with E-state index < -0.39 is 6.10 Å². The highest BCUT2D eigenvalue weighted by Crippen LogP contribution is 2.41. The van der Waals surface area contributed by atoms with Gasteiger partial charge in [-0.1, -0.05) is 29.4 Å². The first-order valence-corrected chi connectivity index (χ1v) is 10.1. The van der Waals surface area contributed by atoms with E-state index in [-0.39, 0.29) is 35.0 Å². The first kappa shape index (κ1) is 21.5. The number of hydrogen-bond acceptors (Lipinski definition) is 5. The van der Waals surface area contributed by atoms with Gasteiger partial charge in [-0.3, -0.25) is 4.79 Å². The van der Waals surface area contributed by atoms with Crippen molar-refractivity contribution in [3.8, 4) is 23.0 Å². The Morgan fingerprint density at radius 3 is 2.57 bits per heavy atom. The number of carbonyl (C=O) groups excluding carboxylic acids is 1. The molecule has 0 saturated heterocycles. The number of rotatable bonds is 7. The molecule has 5 nitrogen and oxygen atoms in total. The van der Waals surface area contributed by atoms with E-state index in [1.54, 1.807) is 0 Å². The Bertz CT molecular complexity index is 966. The predicted octanol–water partition coefficient (Wildman–Crippen LogP) is 5.88. The minimum atomic E-state index is -0.475. The summed E-state index contributed by atoms with van der Waals surface area (Å²) in [4.78, 5) is 12.4. The van der Waals surface area contributed by atoms with Crippen molar-refractivity contribution in [2.75, 3.05) is 6.61 Å². The molecule has 0 aliphatic carbocycles. The average molecular weight is 408 g/mol. The molecule has 2 aromatic carbocycles. The van der Waals surface area contributed by atoms with Crippen molar-refractivity contribution in [1.29, 1.82) is 0 Å². The monoisotopic (exact) mass is 408 g/mol. The molecule has 3 rings (SSSR count). The molecule has 0 saturated carbocycles.